The Labute approximate surface area is 103 Å². The van der Waals surface area contributed by atoms with Crippen molar-refractivity contribution >= 4 is 23.3 Å². The molecule has 0 saturated carbocycles. The van der Waals surface area contributed by atoms with E-state index in [4.69, 9.17) is 11.6 Å². The van der Waals surface area contributed by atoms with Crippen LogP contribution >= 0.6 is 11.6 Å². The van der Waals surface area contributed by atoms with Crippen LogP contribution in [-0.2, 0) is 9.59 Å². The second kappa shape index (κ2) is 4.84. The second-order valence-electron chi connectivity index (χ2n) is 4.76. The summed E-state index contributed by atoms with van der Waals surface area (Å²) >= 11 is 5.38. The number of ketones is 1. The number of alkyl halides is 4. The number of hydrogen-bond donors (Lipinski definition) is 1. The van der Waals surface area contributed by atoms with Crippen LogP contribution in [0, 0.1) is 5.41 Å². The van der Waals surface area contributed by atoms with Gasteiger partial charge in [0.2, 0.25) is 0 Å². The van der Waals surface area contributed by atoms with E-state index in [1.165, 1.54) is 27.7 Å². The fourth-order valence-corrected chi connectivity index (χ4v) is 1.36. The Kier molecular flexibility index (Phi) is 4.62. The summed E-state index contributed by atoms with van der Waals surface area (Å²) in [5.74, 6) is -2.83. The van der Waals surface area contributed by atoms with E-state index in [1.807, 2.05) is 5.32 Å². The van der Waals surface area contributed by atoms with Gasteiger partial charge in [0.15, 0.2) is 5.78 Å². The fourth-order valence-electron chi connectivity index (χ4n) is 1.03. The van der Waals surface area contributed by atoms with Gasteiger partial charge in [-0.05, 0) is 13.8 Å². The molecule has 0 aromatic heterocycles. The average Bonchev–Trinajstić information content (AvgIpc) is 2.13. The highest BCUT2D eigenvalue weighted by Crippen LogP contribution is 2.33. The highest BCUT2D eigenvalue weighted by atomic mass is 35.5. The summed E-state index contributed by atoms with van der Waals surface area (Å²) in [4.78, 5) is 22.4. The van der Waals surface area contributed by atoms with E-state index >= 15 is 0 Å². The van der Waals surface area contributed by atoms with Crippen molar-refractivity contribution in [2.24, 2.45) is 5.41 Å². The fraction of sp³-hybridized carbons (Fsp3) is 0.800. The molecule has 0 radical (unpaired) electrons. The molecule has 0 aromatic carbocycles. The van der Waals surface area contributed by atoms with Gasteiger partial charge >= 0.3 is 12.1 Å². The Morgan fingerprint density at radius 3 is 1.82 bits per heavy atom. The van der Waals surface area contributed by atoms with Crippen molar-refractivity contribution in [1.82, 2.24) is 5.32 Å². The monoisotopic (exact) mass is 273 g/mol. The average molecular weight is 274 g/mol. The molecule has 0 aliphatic carbocycles. The van der Waals surface area contributed by atoms with Gasteiger partial charge in [-0.25, -0.2) is 0 Å². The number of rotatable bonds is 4. The van der Waals surface area contributed by atoms with Gasteiger partial charge in [-0.15, -0.1) is 11.6 Å². The Hall–Kier alpha value is -0.780. The molecule has 0 rings (SSSR count). The van der Waals surface area contributed by atoms with Gasteiger partial charge in [0.1, 0.15) is 0 Å². The molecule has 0 aliphatic heterocycles. The lowest BCUT2D eigenvalue weighted by molar-refractivity contribution is -0.176. The number of carbonyl (C=O) groups is 2. The van der Waals surface area contributed by atoms with E-state index < -0.39 is 28.8 Å². The van der Waals surface area contributed by atoms with Crippen molar-refractivity contribution in [3.05, 3.63) is 0 Å². The molecular weight excluding hydrogens is 259 g/mol. The van der Waals surface area contributed by atoms with E-state index in [1.54, 1.807) is 0 Å². The molecule has 1 N–H and O–H groups in total. The van der Waals surface area contributed by atoms with Gasteiger partial charge in [0.25, 0.3) is 0 Å². The smallest absolute Gasteiger partial charge is 0.342 e. The number of carbonyl (C=O) groups excluding carboxylic acids is 2. The van der Waals surface area contributed by atoms with Crippen LogP contribution in [0.4, 0.5) is 13.2 Å². The van der Waals surface area contributed by atoms with Crippen LogP contribution in [0.25, 0.3) is 0 Å². The van der Waals surface area contributed by atoms with Gasteiger partial charge in [-0.1, -0.05) is 13.8 Å². The second-order valence-corrected chi connectivity index (χ2v) is 5.03. The van der Waals surface area contributed by atoms with Crippen molar-refractivity contribution in [2.75, 3.05) is 5.88 Å². The maximum absolute atomic E-state index is 12.1. The maximum Gasteiger partial charge on any atom is 0.471 e. The molecule has 0 aliphatic rings. The first kappa shape index (κ1) is 16.2. The minimum absolute atomic E-state index is 0.321. The van der Waals surface area contributed by atoms with Crippen molar-refractivity contribution in [1.29, 1.82) is 0 Å². The van der Waals surface area contributed by atoms with Crippen LogP contribution in [0.1, 0.15) is 27.7 Å². The standard InChI is InChI=1S/C10H15ClF3NO2/c1-8(2,6(16)5-11)9(3,4)15-7(17)10(12,13)14/h5H2,1-4H3,(H,15,17). The highest BCUT2D eigenvalue weighted by molar-refractivity contribution is 6.28. The van der Waals surface area contributed by atoms with Crippen molar-refractivity contribution in [3.63, 3.8) is 0 Å². The van der Waals surface area contributed by atoms with Gasteiger partial charge < -0.3 is 5.32 Å². The molecule has 7 heteroatoms. The lowest BCUT2D eigenvalue weighted by atomic mass is 9.71. The first-order valence-corrected chi connectivity index (χ1v) is 5.38. The van der Waals surface area contributed by atoms with E-state index in [0.717, 1.165) is 0 Å². The highest BCUT2D eigenvalue weighted by Gasteiger charge is 2.48. The van der Waals surface area contributed by atoms with Crippen LogP contribution in [0.2, 0.25) is 0 Å². The predicted octanol–water partition coefficient (Wildman–Crippen LogP) is 2.28. The van der Waals surface area contributed by atoms with E-state index in [-0.39, 0.29) is 5.88 Å². The molecule has 0 aromatic rings. The Morgan fingerprint density at radius 1 is 1.12 bits per heavy atom. The summed E-state index contributed by atoms with van der Waals surface area (Å²) in [6.45, 7) is 5.57. The molecule has 0 atom stereocenters. The molecule has 0 heterocycles. The minimum atomic E-state index is -4.97. The predicted molar refractivity (Wildman–Crippen MR) is 57.8 cm³/mol. The summed E-state index contributed by atoms with van der Waals surface area (Å²) in [5.41, 5.74) is -2.55. The van der Waals surface area contributed by atoms with Crippen LogP contribution in [0.15, 0.2) is 0 Å². The maximum atomic E-state index is 12.1. The number of hydrogen-bond acceptors (Lipinski definition) is 2. The van der Waals surface area contributed by atoms with Gasteiger partial charge in [0.05, 0.1) is 5.88 Å². The number of amides is 1. The molecule has 0 saturated heterocycles. The summed E-state index contributed by atoms with van der Waals surface area (Å²) < 4.78 is 36.4. The lowest BCUT2D eigenvalue weighted by Crippen LogP contribution is -2.59. The summed E-state index contributed by atoms with van der Waals surface area (Å²) in [6.07, 6.45) is -4.97. The summed E-state index contributed by atoms with van der Waals surface area (Å²) in [7, 11) is 0. The third-order valence-corrected chi connectivity index (χ3v) is 3.31. The van der Waals surface area contributed by atoms with E-state index in [0.29, 0.717) is 0 Å². The zero-order valence-electron chi connectivity index (χ0n) is 10.0. The van der Waals surface area contributed by atoms with Gasteiger partial charge in [-0.3, -0.25) is 9.59 Å². The van der Waals surface area contributed by atoms with Crippen LogP contribution in [0.3, 0.4) is 0 Å². The number of nitrogens with one attached hydrogen (secondary N) is 1. The largest absolute Gasteiger partial charge is 0.471 e. The summed E-state index contributed by atoms with van der Waals surface area (Å²) in [5, 5.41) is 1.81. The van der Waals surface area contributed by atoms with Crippen LogP contribution < -0.4 is 5.32 Å². The first-order chi connectivity index (χ1) is 7.36. The zero-order chi connectivity index (χ0) is 14.1. The van der Waals surface area contributed by atoms with E-state index in [2.05, 4.69) is 0 Å². The molecule has 1 amide bonds. The quantitative estimate of drug-likeness (QED) is 0.799. The number of halogens is 4. The Morgan fingerprint density at radius 2 is 1.53 bits per heavy atom. The van der Waals surface area contributed by atoms with Crippen LogP contribution in [0.5, 0.6) is 0 Å². The molecule has 17 heavy (non-hydrogen) atoms. The van der Waals surface area contributed by atoms with Crippen molar-refractivity contribution in [2.45, 2.75) is 39.4 Å². The van der Waals surface area contributed by atoms with Gasteiger partial charge in [0, 0.05) is 11.0 Å². The first-order valence-electron chi connectivity index (χ1n) is 4.85. The molecule has 0 bridgehead atoms. The molecule has 0 spiro atoms. The van der Waals surface area contributed by atoms with E-state index in [9.17, 15) is 22.8 Å². The number of Topliss-reactive ketones (excluding diaryl/α,β-unsaturated/α-hetero) is 1. The van der Waals surface area contributed by atoms with Crippen molar-refractivity contribution in [3.8, 4) is 0 Å². The van der Waals surface area contributed by atoms with Gasteiger partial charge in [-0.2, -0.15) is 13.2 Å². The lowest BCUT2D eigenvalue weighted by Gasteiger charge is -2.40. The van der Waals surface area contributed by atoms with Crippen molar-refractivity contribution < 1.29 is 22.8 Å². The molecule has 0 fully saturated rings. The third-order valence-electron chi connectivity index (χ3n) is 3.06. The third kappa shape index (κ3) is 3.59. The summed E-state index contributed by atoms with van der Waals surface area (Å²) in [6, 6.07) is 0. The molecule has 0 unspecified atom stereocenters. The minimum Gasteiger partial charge on any atom is -0.342 e. The molecule has 3 nitrogen and oxygen atoms in total. The normalized spacial score (nSPS) is 13.4. The SMILES string of the molecule is CC(C)(NC(=O)C(F)(F)F)C(C)(C)C(=O)CCl. The molecule has 100 valence electrons. The van der Waals surface area contributed by atoms with Crippen LogP contribution in [-0.4, -0.2) is 29.3 Å². The Bertz CT molecular complexity index is 324. The molecular formula is C10H15ClF3NO2. The topological polar surface area (TPSA) is 46.2 Å². The zero-order valence-corrected chi connectivity index (χ0v) is 10.8. The Balaban J connectivity index is 5.04.